The number of carbonyl (C=O) groups excluding carboxylic acids is 1. The fourth-order valence-corrected chi connectivity index (χ4v) is 3.21. The maximum absolute atomic E-state index is 12.9. The lowest BCUT2D eigenvalue weighted by molar-refractivity contribution is -0.121. The van der Waals surface area contributed by atoms with E-state index in [0.29, 0.717) is 5.02 Å². The average molecular weight is 301 g/mol. The van der Waals surface area contributed by atoms with Gasteiger partial charge in [0, 0.05) is 23.1 Å². The number of anilines is 1. The second-order valence-electron chi connectivity index (χ2n) is 5.49. The minimum absolute atomic E-state index is 0.0634. The monoisotopic (exact) mass is 300 g/mol. The summed E-state index contributed by atoms with van der Waals surface area (Å²) in [7, 11) is 0. The van der Waals surface area contributed by atoms with Gasteiger partial charge in [-0.3, -0.25) is 9.78 Å². The molecule has 1 aromatic carbocycles. The third-order valence-corrected chi connectivity index (χ3v) is 4.48. The smallest absolute Gasteiger partial charge is 0.235 e. The van der Waals surface area contributed by atoms with Gasteiger partial charge in [-0.2, -0.15) is 0 Å². The van der Waals surface area contributed by atoms with E-state index in [9.17, 15) is 4.79 Å². The first-order valence-electron chi connectivity index (χ1n) is 7.18. The van der Waals surface area contributed by atoms with Crippen LogP contribution in [-0.4, -0.2) is 10.9 Å². The zero-order chi connectivity index (χ0) is 14.7. The molecule has 1 saturated carbocycles. The van der Waals surface area contributed by atoms with Gasteiger partial charge in [0.1, 0.15) is 0 Å². The summed E-state index contributed by atoms with van der Waals surface area (Å²) in [5, 5.41) is 3.72. The van der Waals surface area contributed by atoms with Crippen molar-refractivity contribution in [2.24, 2.45) is 0 Å². The molecule has 0 saturated heterocycles. The van der Waals surface area contributed by atoms with Crippen LogP contribution in [0.1, 0.15) is 31.2 Å². The number of nitrogens with one attached hydrogen (secondary N) is 1. The Bertz CT molecular complexity index is 619. The molecule has 0 aliphatic heterocycles. The highest BCUT2D eigenvalue weighted by Crippen LogP contribution is 2.42. The molecule has 1 amide bonds. The highest BCUT2D eigenvalue weighted by Gasteiger charge is 2.42. The van der Waals surface area contributed by atoms with Crippen LogP contribution in [0.25, 0.3) is 0 Å². The molecule has 108 valence electrons. The second-order valence-corrected chi connectivity index (χ2v) is 5.92. The van der Waals surface area contributed by atoms with E-state index in [-0.39, 0.29) is 5.91 Å². The zero-order valence-corrected chi connectivity index (χ0v) is 12.4. The Labute approximate surface area is 129 Å². The molecule has 0 unspecified atom stereocenters. The van der Waals surface area contributed by atoms with Crippen LogP contribution in [0.5, 0.6) is 0 Å². The summed E-state index contributed by atoms with van der Waals surface area (Å²) in [5.74, 6) is 0.0634. The Morgan fingerprint density at radius 2 is 1.67 bits per heavy atom. The lowest BCUT2D eigenvalue weighted by atomic mass is 9.78. The van der Waals surface area contributed by atoms with E-state index >= 15 is 0 Å². The van der Waals surface area contributed by atoms with E-state index in [1.807, 2.05) is 36.4 Å². The number of nitrogens with zero attached hydrogens (tertiary/aromatic N) is 1. The van der Waals surface area contributed by atoms with Gasteiger partial charge in [-0.05, 0) is 42.7 Å². The highest BCUT2D eigenvalue weighted by atomic mass is 35.5. The van der Waals surface area contributed by atoms with Gasteiger partial charge in [0.15, 0.2) is 0 Å². The van der Waals surface area contributed by atoms with Crippen molar-refractivity contribution in [2.75, 3.05) is 5.32 Å². The van der Waals surface area contributed by atoms with Gasteiger partial charge >= 0.3 is 0 Å². The molecular formula is C17H17ClN2O. The predicted molar refractivity (Wildman–Crippen MR) is 84.5 cm³/mol. The van der Waals surface area contributed by atoms with Gasteiger partial charge in [0.05, 0.1) is 5.41 Å². The van der Waals surface area contributed by atoms with E-state index in [1.54, 1.807) is 12.4 Å². The standard InChI is InChI=1S/C17H17ClN2O/c18-14-5-3-13(4-6-14)17(9-1-2-10-17)16(21)20-15-7-11-19-12-8-15/h3-8,11-12H,1-2,9-10H2,(H,19,20,21). The van der Waals surface area contributed by atoms with Crippen molar-refractivity contribution in [3.05, 3.63) is 59.4 Å². The van der Waals surface area contributed by atoms with Crippen LogP contribution >= 0.6 is 11.6 Å². The van der Waals surface area contributed by atoms with Gasteiger partial charge in [0.2, 0.25) is 5.91 Å². The number of halogens is 1. The Morgan fingerprint density at radius 1 is 1.05 bits per heavy atom. The highest BCUT2D eigenvalue weighted by molar-refractivity contribution is 6.30. The Morgan fingerprint density at radius 3 is 2.29 bits per heavy atom. The average Bonchev–Trinajstić information content (AvgIpc) is 3.00. The first kappa shape index (κ1) is 14.1. The van der Waals surface area contributed by atoms with Gasteiger partial charge < -0.3 is 5.32 Å². The Balaban J connectivity index is 1.90. The molecule has 0 spiro atoms. The number of rotatable bonds is 3. The minimum Gasteiger partial charge on any atom is -0.325 e. The third-order valence-electron chi connectivity index (χ3n) is 4.23. The summed E-state index contributed by atoms with van der Waals surface area (Å²) in [6.07, 6.45) is 7.27. The molecule has 0 radical (unpaired) electrons. The molecule has 1 aliphatic carbocycles. The van der Waals surface area contributed by atoms with Gasteiger partial charge in [-0.25, -0.2) is 0 Å². The maximum atomic E-state index is 12.9. The Hall–Kier alpha value is -1.87. The maximum Gasteiger partial charge on any atom is 0.235 e. The number of pyridine rings is 1. The molecule has 4 heteroatoms. The Kier molecular flexibility index (Phi) is 3.93. The van der Waals surface area contributed by atoms with Gasteiger partial charge in [-0.15, -0.1) is 0 Å². The quantitative estimate of drug-likeness (QED) is 0.923. The summed E-state index contributed by atoms with van der Waals surface area (Å²) in [4.78, 5) is 16.8. The summed E-state index contributed by atoms with van der Waals surface area (Å²) in [5.41, 5.74) is 1.40. The van der Waals surface area contributed by atoms with Crippen molar-refractivity contribution in [3.63, 3.8) is 0 Å². The van der Waals surface area contributed by atoms with Crippen molar-refractivity contribution in [1.29, 1.82) is 0 Å². The van der Waals surface area contributed by atoms with Crippen molar-refractivity contribution in [2.45, 2.75) is 31.1 Å². The van der Waals surface area contributed by atoms with Crippen LogP contribution in [0.4, 0.5) is 5.69 Å². The van der Waals surface area contributed by atoms with E-state index in [4.69, 9.17) is 11.6 Å². The topological polar surface area (TPSA) is 42.0 Å². The SMILES string of the molecule is O=C(Nc1ccncc1)C1(c2ccc(Cl)cc2)CCCC1. The van der Waals surface area contributed by atoms with Crippen molar-refractivity contribution in [3.8, 4) is 0 Å². The molecule has 0 atom stereocenters. The summed E-state index contributed by atoms with van der Waals surface area (Å²) in [6, 6.07) is 11.3. The van der Waals surface area contributed by atoms with Crippen LogP contribution in [0.3, 0.4) is 0 Å². The normalized spacial score (nSPS) is 16.6. The molecule has 1 heterocycles. The van der Waals surface area contributed by atoms with Crippen molar-refractivity contribution >= 4 is 23.2 Å². The van der Waals surface area contributed by atoms with Crippen LogP contribution in [0.15, 0.2) is 48.8 Å². The summed E-state index contributed by atoms with van der Waals surface area (Å²) >= 11 is 5.97. The summed E-state index contributed by atoms with van der Waals surface area (Å²) in [6.45, 7) is 0. The number of hydrogen-bond donors (Lipinski definition) is 1. The molecule has 1 aromatic heterocycles. The van der Waals surface area contributed by atoms with E-state index < -0.39 is 5.41 Å². The number of amides is 1. The number of hydrogen-bond acceptors (Lipinski definition) is 2. The van der Waals surface area contributed by atoms with Crippen LogP contribution in [0.2, 0.25) is 5.02 Å². The molecule has 21 heavy (non-hydrogen) atoms. The third kappa shape index (κ3) is 2.79. The molecule has 3 rings (SSSR count). The van der Waals surface area contributed by atoms with E-state index in [0.717, 1.165) is 36.9 Å². The van der Waals surface area contributed by atoms with Crippen LogP contribution in [0, 0.1) is 0 Å². The largest absolute Gasteiger partial charge is 0.325 e. The fourth-order valence-electron chi connectivity index (χ4n) is 3.08. The summed E-state index contributed by atoms with van der Waals surface area (Å²) < 4.78 is 0. The molecule has 2 aromatic rings. The van der Waals surface area contributed by atoms with Gasteiger partial charge in [0.25, 0.3) is 0 Å². The zero-order valence-electron chi connectivity index (χ0n) is 11.7. The number of benzene rings is 1. The molecule has 1 fully saturated rings. The molecular weight excluding hydrogens is 284 g/mol. The molecule has 1 aliphatic rings. The predicted octanol–water partition coefficient (Wildman–Crippen LogP) is 4.19. The molecule has 0 bridgehead atoms. The second kappa shape index (κ2) is 5.86. The van der Waals surface area contributed by atoms with Crippen molar-refractivity contribution in [1.82, 2.24) is 4.98 Å². The van der Waals surface area contributed by atoms with Crippen LogP contribution in [-0.2, 0) is 10.2 Å². The molecule has 3 nitrogen and oxygen atoms in total. The first-order valence-corrected chi connectivity index (χ1v) is 7.56. The lowest BCUT2D eigenvalue weighted by Gasteiger charge is -2.28. The van der Waals surface area contributed by atoms with Crippen LogP contribution < -0.4 is 5.32 Å². The first-order chi connectivity index (χ1) is 10.2. The fraction of sp³-hybridized carbons (Fsp3) is 0.294. The lowest BCUT2D eigenvalue weighted by Crippen LogP contribution is -2.37. The van der Waals surface area contributed by atoms with Crippen molar-refractivity contribution < 1.29 is 4.79 Å². The minimum atomic E-state index is -0.437. The van der Waals surface area contributed by atoms with Gasteiger partial charge in [-0.1, -0.05) is 36.6 Å². The van der Waals surface area contributed by atoms with E-state index in [1.165, 1.54) is 0 Å². The number of aromatic nitrogens is 1. The number of carbonyl (C=O) groups is 1. The van der Waals surface area contributed by atoms with E-state index in [2.05, 4.69) is 10.3 Å². The molecule has 1 N–H and O–H groups in total.